The number of para-hydroxylation sites is 1. The van der Waals surface area contributed by atoms with Gasteiger partial charge in [0.1, 0.15) is 0 Å². The molecule has 1 unspecified atom stereocenters. The second-order valence-corrected chi connectivity index (χ2v) is 4.89. The lowest BCUT2D eigenvalue weighted by Gasteiger charge is -2.18. The first-order valence-corrected chi connectivity index (χ1v) is 6.83. The number of carboxylic acids is 1. The Bertz CT molecular complexity index is 396. The van der Waals surface area contributed by atoms with E-state index in [1.54, 1.807) is 30.0 Å². The van der Waals surface area contributed by atoms with E-state index in [4.69, 9.17) is 10.8 Å². The third-order valence-electron chi connectivity index (χ3n) is 2.47. The highest BCUT2D eigenvalue weighted by Gasteiger charge is 2.14. The average molecular weight is 254 g/mol. The summed E-state index contributed by atoms with van der Waals surface area (Å²) in [6.45, 7) is 2.02. The van der Waals surface area contributed by atoms with Crippen molar-refractivity contribution in [3.05, 3.63) is 23.8 Å². The topological polar surface area (TPSA) is 75.3 Å². The van der Waals surface area contributed by atoms with Crippen molar-refractivity contribution in [2.24, 2.45) is 0 Å². The Kier molecular flexibility index (Phi) is 5.15. The minimum absolute atomic E-state index is 0.199. The quantitative estimate of drug-likeness (QED) is 0.680. The highest BCUT2D eigenvalue weighted by molar-refractivity contribution is 7.98. The SMILES string of the molecule is CSCCC(C)Nc1c(N)cccc1C(=O)O. The number of hydrogen-bond donors (Lipinski definition) is 3. The van der Waals surface area contributed by atoms with E-state index in [0.29, 0.717) is 11.4 Å². The first-order chi connectivity index (χ1) is 8.06. The summed E-state index contributed by atoms with van der Waals surface area (Å²) >= 11 is 1.77. The molecule has 5 heteroatoms. The molecule has 0 radical (unpaired) electrons. The van der Waals surface area contributed by atoms with Gasteiger partial charge < -0.3 is 16.2 Å². The number of aromatic carboxylic acids is 1. The summed E-state index contributed by atoms with van der Waals surface area (Å²) in [7, 11) is 0. The van der Waals surface area contributed by atoms with Crippen LogP contribution in [0.1, 0.15) is 23.7 Å². The van der Waals surface area contributed by atoms with Crippen molar-refractivity contribution in [3.8, 4) is 0 Å². The molecule has 94 valence electrons. The van der Waals surface area contributed by atoms with Gasteiger partial charge in [-0.15, -0.1) is 0 Å². The molecule has 1 rings (SSSR count). The summed E-state index contributed by atoms with van der Waals surface area (Å²) in [5, 5.41) is 12.3. The molecule has 1 aromatic carbocycles. The van der Waals surface area contributed by atoms with Crippen LogP contribution in [-0.4, -0.2) is 29.1 Å². The van der Waals surface area contributed by atoms with E-state index >= 15 is 0 Å². The van der Waals surface area contributed by atoms with E-state index in [0.717, 1.165) is 12.2 Å². The van der Waals surface area contributed by atoms with Gasteiger partial charge in [-0.2, -0.15) is 11.8 Å². The van der Waals surface area contributed by atoms with E-state index in [-0.39, 0.29) is 11.6 Å². The highest BCUT2D eigenvalue weighted by Crippen LogP contribution is 2.24. The first kappa shape index (κ1) is 13.7. The molecule has 0 aliphatic carbocycles. The molecule has 4 nitrogen and oxygen atoms in total. The molecule has 0 heterocycles. The molecule has 0 fully saturated rings. The summed E-state index contributed by atoms with van der Waals surface area (Å²) in [6, 6.07) is 5.11. The van der Waals surface area contributed by atoms with Gasteiger partial charge in [-0.3, -0.25) is 0 Å². The van der Waals surface area contributed by atoms with Crippen molar-refractivity contribution >= 4 is 29.1 Å². The highest BCUT2D eigenvalue weighted by atomic mass is 32.2. The number of nitrogens with one attached hydrogen (secondary N) is 1. The third-order valence-corrected chi connectivity index (χ3v) is 3.12. The molecule has 0 spiro atoms. The number of rotatable bonds is 6. The summed E-state index contributed by atoms with van der Waals surface area (Å²) in [5.74, 6) is 0.0698. The van der Waals surface area contributed by atoms with E-state index in [1.165, 1.54) is 0 Å². The maximum Gasteiger partial charge on any atom is 0.337 e. The zero-order chi connectivity index (χ0) is 12.8. The Morgan fingerprint density at radius 1 is 1.59 bits per heavy atom. The fourth-order valence-electron chi connectivity index (χ4n) is 1.52. The number of thioether (sulfide) groups is 1. The lowest BCUT2D eigenvalue weighted by Crippen LogP contribution is -2.19. The average Bonchev–Trinajstić information content (AvgIpc) is 2.28. The van der Waals surface area contributed by atoms with Gasteiger partial charge in [-0.05, 0) is 37.5 Å². The van der Waals surface area contributed by atoms with E-state index < -0.39 is 5.97 Å². The molecule has 1 aromatic rings. The van der Waals surface area contributed by atoms with E-state index in [2.05, 4.69) is 5.32 Å². The molecule has 0 bridgehead atoms. The molecule has 0 aliphatic heterocycles. The molecule has 17 heavy (non-hydrogen) atoms. The zero-order valence-electron chi connectivity index (χ0n) is 10.1. The predicted molar refractivity (Wildman–Crippen MR) is 73.9 cm³/mol. The van der Waals surface area contributed by atoms with Gasteiger partial charge in [0.2, 0.25) is 0 Å². The molecule has 0 saturated carbocycles. The van der Waals surface area contributed by atoms with Gasteiger partial charge >= 0.3 is 5.97 Å². The largest absolute Gasteiger partial charge is 0.478 e. The minimum Gasteiger partial charge on any atom is -0.478 e. The van der Waals surface area contributed by atoms with Crippen molar-refractivity contribution in [2.75, 3.05) is 23.1 Å². The Balaban J connectivity index is 2.85. The monoisotopic (exact) mass is 254 g/mol. The second kappa shape index (κ2) is 6.39. The number of hydrogen-bond acceptors (Lipinski definition) is 4. The van der Waals surface area contributed by atoms with E-state index in [9.17, 15) is 4.79 Å². The Morgan fingerprint density at radius 2 is 2.29 bits per heavy atom. The third kappa shape index (κ3) is 3.85. The smallest absolute Gasteiger partial charge is 0.337 e. The summed E-state index contributed by atoms with van der Waals surface area (Å²) in [6.07, 6.45) is 3.01. The number of carbonyl (C=O) groups is 1. The molecule has 4 N–H and O–H groups in total. The minimum atomic E-state index is -0.961. The maximum absolute atomic E-state index is 11.1. The predicted octanol–water partition coefficient (Wildman–Crippen LogP) is 2.52. The molecule has 0 aromatic heterocycles. The van der Waals surface area contributed by atoms with Crippen LogP contribution in [0.4, 0.5) is 11.4 Å². The number of carboxylic acid groups (broad SMARTS) is 1. The van der Waals surface area contributed by atoms with Crippen LogP contribution in [0.3, 0.4) is 0 Å². The lowest BCUT2D eigenvalue weighted by molar-refractivity contribution is 0.0698. The van der Waals surface area contributed by atoms with Crippen molar-refractivity contribution in [1.29, 1.82) is 0 Å². The van der Waals surface area contributed by atoms with Crippen LogP contribution in [0.25, 0.3) is 0 Å². The van der Waals surface area contributed by atoms with Gasteiger partial charge in [0.15, 0.2) is 0 Å². The summed E-state index contributed by atoms with van der Waals surface area (Å²) < 4.78 is 0. The lowest BCUT2D eigenvalue weighted by atomic mass is 10.1. The van der Waals surface area contributed by atoms with Crippen LogP contribution in [0.15, 0.2) is 18.2 Å². The van der Waals surface area contributed by atoms with Crippen molar-refractivity contribution in [2.45, 2.75) is 19.4 Å². The number of benzene rings is 1. The Labute approximate surface area is 106 Å². The number of nitrogen functional groups attached to an aromatic ring is 1. The van der Waals surface area contributed by atoms with Gasteiger partial charge in [0.05, 0.1) is 16.9 Å². The number of anilines is 2. The second-order valence-electron chi connectivity index (χ2n) is 3.90. The summed E-state index contributed by atoms with van der Waals surface area (Å²) in [4.78, 5) is 11.1. The molecule has 0 aliphatic rings. The van der Waals surface area contributed by atoms with Gasteiger partial charge in [0.25, 0.3) is 0 Å². The maximum atomic E-state index is 11.1. The van der Waals surface area contributed by atoms with Crippen LogP contribution >= 0.6 is 11.8 Å². The van der Waals surface area contributed by atoms with Crippen LogP contribution < -0.4 is 11.1 Å². The van der Waals surface area contributed by atoms with Crippen molar-refractivity contribution < 1.29 is 9.90 Å². The standard InChI is InChI=1S/C12H18N2O2S/c1-8(6-7-17-2)14-11-9(12(15)16)4-3-5-10(11)13/h3-5,8,14H,6-7,13H2,1-2H3,(H,15,16). The van der Waals surface area contributed by atoms with Gasteiger partial charge in [-0.25, -0.2) is 4.79 Å². The number of nitrogens with two attached hydrogens (primary N) is 1. The fourth-order valence-corrected chi connectivity index (χ4v) is 2.11. The van der Waals surface area contributed by atoms with Gasteiger partial charge in [0, 0.05) is 6.04 Å². The Hall–Kier alpha value is -1.36. The van der Waals surface area contributed by atoms with Crippen LogP contribution in [0.2, 0.25) is 0 Å². The molecule has 0 saturated heterocycles. The van der Waals surface area contributed by atoms with E-state index in [1.807, 2.05) is 13.2 Å². The normalized spacial score (nSPS) is 12.1. The van der Waals surface area contributed by atoms with Gasteiger partial charge in [-0.1, -0.05) is 6.07 Å². The molecule has 0 amide bonds. The Morgan fingerprint density at radius 3 is 2.88 bits per heavy atom. The fraction of sp³-hybridized carbons (Fsp3) is 0.417. The van der Waals surface area contributed by atoms with Crippen molar-refractivity contribution in [1.82, 2.24) is 0 Å². The van der Waals surface area contributed by atoms with Crippen LogP contribution in [0.5, 0.6) is 0 Å². The van der Waals surface area contributed by atoms with Crippen LogP contribution in [-0.2, 0) is 0 Å². The van der Waals surface area contributed by atoms with Crippen LogP contribution in [0, 0.1) is 0 Å². The zero-order valence-corrected chi connectivity index (χ0v) is 10.9. The summed E-state index contributed by atoms with van der Waals surface area (Å²) in [5.41, 5.74) is 7.02. The first-order valence-electron chi connectivity index (χ1n) is 5.43. The molecule has 1 atom stereocenters. The van der Waals surface area contributed by atoms with Crippen molar-refractivity contribution in [3.63, 3.8) is 0 Å². The molecular weight excluding hydrogens is 236 g/mol. The molecular formula is C12H18N2O2S.